The Hall–Kier alpha value is -4.02. The van der Waals surface area contributed by atoms with Crippen molar-refractivity contribution in [2.24, 2.45) is 0 Å². The molecule has 4 aliphatic rings. The molecule has 3 fully saturated rings. The summed E-state index contributed by atoms with van der Waals surface area (Å²) in [7, 11) is 0. The molecule has 0 saturated carbocycles. The van der Waals surface area contributed by atoms with E-state index >= 15 is 0 Å². The van der Waals surface area contributed by atoms with Crippen LogP contribution in [-0.2, 0) is 27.4 Å². The number of likely N-dealkylation sites (tertiary alicyclic amines) is 1. The summed E-state index contributed by atoms with van der Waals surface area (Å²) in [4.78, 5) is 45.6. The van der Waals surface area contributed by atoms with Gasteiger partial charge >= 0.3 is 0 Å². The van der Waals surface area contributed by atoms with E-state index in [1.165, 1.54) is 5.56 Å². The number of amides is 3. The van der Waals surface area contributed by atoms with Crippen molar-refractivity contribution >= 4 is 34.4 Å². The fraction of sp³-hybridized carbons (Fsp3) is 0.438. The van der Waals surface area contributed by atoms with Gasteiger partial charge in [0, 0.05) is 62.8 Å². The van der Waals surface area contributed by atoms with Crippen molar-refractivity contribution < 1.29 is 23.9 Å². The van der Waals surface area contributed by atoms with Crippen molar-refractivity contribution in [3.8, 4) is 5.75 Å². The van der Waals surface area contributed by atoms with Crippen molar-refractivity contribution in [3.05, 3.63) is 65.2 Å². The van der Waals surface area contributed by atoms with Gasteiger partial charge < -0.3 is 19.7 Å². The monoisotopic (exact) mass is 569 g/mol. The number of anilines is 1. The van der Waals surface area contributed by atoms with Crippen LogP contribution in [0.1, 0.15) is 53.6 Å². The molecule has 42 heavy (non-hydrogen) atoms. The van der Waals surface area contributed by atoms with Crippen molar-refractivity contribution in [1.29, 1.82) is 0 Å². The third kappa shape index (κ3) is 5.56. The molecule has 0 spiro atoms. The van der Waals surface area contributed by atoms with Gasteiger partial charge in [-0.25, -0.2) is 4.98 Å². The van der Waals surface area contributed by atoms with Gasteiger partial charge in [0.05, 0.1) is 5.52 Å². The number of benzene rings is 2. The van der Waals surface area contributed by atoms with Crippen molar-refractivity contribution in [3.63, 3.8) is 0 Å². The minimum atomic E-state index is -0.614. The van der Waals surface area contributed by atoms with Gasteiger partial charge in [-0.3, -0.25) is 24.6 Å². The Labute approximate surface area is 244 Å². The standard InChI is InChI=1S/C32H35N5O5/c38-30-8-6-28(31(39)35-30)37-18-22-16-24(3-4-26(22)32(37)40)42-25-9-12-36(19-25)17-20-1-5-27-21(15-20)2-7-29(34-27)33-23-10-13-41-14-11-23/h1-5,7,15-16,23,25,28H,6,8-14,17-19H2,(H,33,34)(H,35,38,39)/t25-,28?/m0/s1. The molecular weight excluding hydrogens is 534 g/mol. The first-order chi connectivity index (χ1) is 20.5. The van der Waals surface area contributed by atoms with E-state index < -0.39 is 11.9 Å². The third-order valence-electron chi connectivity index (χ3n) is 8.76. The Bertz CT molecular complexity index is 1540. The van der Waals surface area contributed by atoms with Crippen LogP contribution in [0.15, 0.2) is 48.5 Å². The average Bonchev–Trinajstić information content (AvgIpc) is 3.56. The molecule has 10 heteroatoms. The predicted molar refractivity (Wildman–Crippen MR) is 156 cm³/mol. The Kier molecular flexibility index (Phi) is 7.25. The van der Waals surface area contributed by atoms with Crippen LogP contribution in [0, 0.1) is 0 Å². The first-order valence-corrected chi connectivity index (χ1v) is 14.9. The molecule has 3 aromatic rings. The predicted octanol–water partition coefficient (Wildman–Crippen LogP) is 3.24. The molecule has 218 valence electrons. The van der Waals surface area contributed by atoms with Gasteiger partial charge in [0.25, 0.3) is 5.91 Å². The SMILES string of the molecule is O=C1CCC(N2Cc3cc(O[C@H]4CCN(Cc5ccc6nc(NC7CCOCC7)ccc6c5)C4)ccc3C2=O)C(=O)N1. The molecule has 1 unspecified atom stereocenters. The maximum atomic E-state index is 13.0. The third-order valence-corrected chi connectivity index (χ3v) is 8.76. The fourth-order valence-electron chi connectivity index (χ4n) is 6.52. The highest BCUT2D eigenvalue weighted by molar-refractivity contribution is 6.05. The summed E-state index contributed by atoms with van der Waals surface area (Å²) < 4.78 is 11.8. The van der Waals surface area contributed by atoms with Gasteiger partial charge in [-0.2, -0.15) is 0 Å². The van der Waals surface area contributed by atoms with Crippen LogP contribution in [0.4, 0.5) is 5.82 Å². The number of aromatic nitrogens is 1. The minimum absolute atomic E-state index is 0.0623. The summed E-state index contributed by atoms with van der Waals surface area (Å²) in [5, 5.41) is 7.03. The lowest BCUT2D eigenvalue weighted by molar-refractivity contribution is -0.136. The zero-order valence-electron chi connectivity index (χ0n) is 23.5. The lowest BCUT2D eigenvalue weighted by atomic mass is 10.0. The molecule has 4 aliphatic heterocycles. The molecule has 2 N–H and O–H groups in total. The number of fused-ring (bicyclic) bond motifs is 2. The molecule has 5 heterocycles. The van der Waals surface area contributed by atoms with E-state index in [4.69, 9.17) is 14.5 Å². The molecule has 0 radical (unpaired) electrons. The molecule has 2 atom stereocenters. The van der Waals surface area contributed by atoms with E-state index in [2.05, 4.69) is 45.9 Å². The normalized spacial score (nSPS) is 23.3. The van der Waals surface area contributed by atoms with E-state index in [0.717, 1.165) is 80.1 Å². The molecule has 3 amide bonds. The summed E-state index contributed by atoms with van der Waals surface area (Å²) in [6, 6.07) is 16.1. The molecule has 0 aliphatic carbocycles. The number of ether oxygens (including phenoxy) is 2. The lowest BCUT2D eigenvalue weighted by Crippen LogP contribution is -2.52. The molecular formula is C32H35N5O5. The smallest absolute Gasteiger partial charge is 0.255 e. The Balaban J connectivity index is 0.943. The number of rotatable bonds is 7. The van der Waals surface area contributed by atoms with Gasteiger partial charge in [-0.1, -0.05) is 6.07 Å². The van der Waals surface area contributed by atoms with Crippen molar-refractivity contribution in [2.45, 2.75) is 63.4 Å². The number of pyridine rings is 1. The van der Waals surface area contributed by atoms with Gasteiger partial charge in [0.2, 0.25) is 11.8 Å². The van der Waals surface area contributed by atoms with Gasteiger partial charge in [-0.15, -0.1) is 0 Å². The fourth-order valence-corrected chi connectivity index (χ4v) is 6.52. The quantitative estimate of drug-likeness (QED) is 0.417. The molecule has 3 saturated heterocycles. The van der Waals surface area contributed by atoms with Gasteiger partial charge in [0.1, 0.15) is 23.7 Å². The summed E-state index contributed by atoms with van der Waals surface area (Å²) in [6.07, 6.45) is 3.60. The van der Waals surface area contributed by atoms with Crippen LogP contribution in [0.25, 0.3) is 10.9 Å². The maximum Gasteiger partial charge on any atom is 0.255 e. The van der Waals surface area contributed by atoms with Crippen LogP contribution < -0.4 is 15.4 Å². The zero-order chi connectivity index (χ0) is 28.6. The highest BCUT2D eigenvalue weighted by Gasteiger charge is 2.39. The minimum Gasteiger partial charge on any atom is -0.489 e. The van der Waals surface area contributed by atoms with Crippen LogP contribution in [0.5, 0.6) is 5.75 Å². The lowest BCUT2D eigenvalue weighted by Gasteiger charge is -2.29. The van der Waals surface area contributed by atoms with Crippen molar-refractivity contribution in [1.82, 2.24) is 20.1 Å². The van der Waals surface area contributed by atoms with E-state index in [0.29, 0.717) is 24.6 Å². The molecule has 2 aromatic carbocycles. The topological polar surface area (TPSA) is 113 Å². The van der Waals surface area contributed by atoms with Gasteiger partial charge in [0.15, 0.2) is 0 Å². The molecule has 0 bridgehead atoms. The second-order valence-corrected chi connectivity index (χ2v) is 11.7. The van der Waals surface area contributed by atoms with Crippen LogP contribution in [0.2, 0.25) is 0 Å². The number of imide groups is 1. The molecule has 7 rings (SSSR count). The van der Waals surface area contributed by atoms with Gasteiger partial charge in [-0.05, 0) is 79.3 Å². The maximum absolute atomic E-state index is 13.0. The summed E-state index contributed by atoms with van der Waals surface area (Å²) in [5.74, 6) is 0.800. The van der Waals surface area contributed by atoms with Crippen molar-refractivity contribution in [2.75, 3.05) is 31.6 Å². The Morgan fingerprint density at radius 2 is 1.88 bits per heavy atom. The van der Waals surface area contributed by atoms with E-state index in [9.17, 15) is 14.4 Å². The van der Waals surface area contributed by atoms with E-state index in [1.807, 2.05) is 12.1 Å². The summed E-state index contributed by atoms with van der Waals surface area (Å²) in [5.41, 5.74) is 3.69. The number of hydrogen-bond donors (Lipinski definition) is 2. The van der Waals surface area contributed by atoms with Crippen LogP contribution in [-0.4, -0.2) is 77.0 Å². The number of nitrogens with zero attached hydrogens (tertiary/aromatic N) is 3. The zero-order valence-corrected chi connectivity index (χ0v) is 23.5. The number of carbonyl (C=O) groups is 3. The van der Waals surface area contributed by atoms with E-state index in [-0.39, 0.29) is 24.3 Å². The first-order valence-electron chi connectivity index (χ1n) is 14.9. The summed E-state index contributed by atoms with van der Waals surface area (Å²) >= 11 is 0. The van der Waals surface area contributed by atoms with Crippen LogP contribution in [0.3, 0.4) is 0 Å². The Morgan fingerprint density at radius 3 is 2.74 bits per heavy atom. The average molecular weight is 570 g/mol. The number of nitrogens with one attached hydrogen (secondary N) is 2. The number of carbonyl (C=O) groups excluding carboxylic acids is 3. The highest BCUT2D eigenvalue weighted by atomic mass is 16.5. The first kappa shape index (κ1) is 26.9. The number of hydrogen-bond acceptors (Lipinski definition) is 8. The van der Waals surface area contributed by atoms with Crippen LogP contribution >= 0.6 is 0 Å². The molecule has 10 nitrogen and oxygen atoms in total. The van der Waals surface area contributed by atoms with E-state index in [1.54, 1.807) is 11.0 Å². The largest absolute Gasteiger partial charge is 0.489 e. The second-order valence-electron chi connectivity index (χ2n) is 11.7. The number of piperidine rings is 1. The highest BCUT2D eigenvalue weighted by Crippen LogP contribution is 2.31. The molecule has 1 aromatic heterocycles. The second kappa shape index (κ2) is 11.3. The Morgan fingerprint density at radius 1 is 1.00 bits per heavy atom. The summed E-state index contributed by atoms with van der Waals surface area (Å²) in [6.45, 7) is 4.56.